The highest BCUT2D eigenvalue weighted by molar-refractivity contribution is 8.14. The van der Waals surface area contributed by atoms with Gasteiger partial charge in [0, 0.05) is 24.0 Å². The highest BCUT2D eigenvalue weighted by atomic mass is 32.2. The van der Waals surface area contributed by atoms with Gasteiger partial charge in [0.1, 0.15) is 5.78 Å². The van der Waals surface area contributed by atoms with Crippen LogP contribution in [0.25, 0.3) is 0 Å². The molecule has 0 amide bonds. The lowest BCUT2D eigenvalue weighted by molar-refractivity contribution is -0.122. The topological polar surface area (TPSA) is 34.1 Å². The minimum atomic E-state index is -0.00421. The van der Waals surface area contributed by atoms with E-state index in [1.807, 2.05) is 20.8 Å². The van der Waals surface area contributed by atoms with Gasteiger partial charge in [0.25, 0.3) is 0 Å². The van der Waals surface area contributed by atoms with Crippen LogP contribution < -0.4 is 0 Å². The van der Waals surface area contributed by atoms with E-state index in [1.165, 1.54) is 11.8 Å². The van der Waals surface area contributed by atoms with Crippen molar-refractivity contribution in [1.82, 2.24) is 0 Å². The molecule has 86 valence electrons. The summed E-state index contributed by atoms with van der Waals surface area (Å²) in [6.07, 6.45) is 3.93. The molecule has 15 heavy (non-hydrogen) atoms. The van der Waals surface area contributed by atoms with Gasteiger partial charge in [0.2, 0.25) is 0 Å². The third kappa shape index (κ3) is 5.36. The van der Waals surface area contributed by atoms with Crippen LogP contribution in [0.3, 0.4) is 0 Å². The number of rotatable bonds is 2. The molecule has 1 unspecified atom stereocenters. The van der Waals surface area contributed by atoms with Crippen molar-refractivity contribution in [3.05, 3.63) is 0 Å². The third-order valence-electron chi connectivity index (χ3n) is 2.46. The molecule has 0 spiro atoms. The maximum atomic E-state index is 11.7. The van der Waals surface area contributed by atoms with Crippen LogP contribution >= 0.6 is 11.8 Å². The summed E-state index contributed by atoms with van der Waals surface area (Å²) < 4.78 is -0.00421. The van der Waals surface area contributed by atoms with Crippen molar-refractivity contribution in [2.75, 3.05) is 0 Å². The first-order valence-corrected chi connectivity index (χ1v) is 6.42. The van der Waals surface area contributed by atoms with E-state index in [4.69, 9.17) is 0 Å². The van der Waals surface area contributed by atoms with E-state index in [9.17, 15) is 9.59 Å². The van der Waals surface area contributed by atoms with Gasteiger partial charge < -0.3 is 0 Å². The van der Waals surface area contributed by atoms with Crippen molar-refractivity contribution in [2.45, 2.75) is 57.6 Å². The predicted octanol–water partition coefficient (Wildman–Crippen LogP) is 3.19. The Morgan fingerprint density at radius 3 is 2.67 bits per heavy atom. The Balaban J connectivity index is 2.34. The van der Waals surface area contributed by atoms with Crippen LogP contribution in [0.4, 0.5) is 0 Å². The van der Waals surface area contributed by atoms with Crippen LogP contribution in [0.2, 0.25) is 0 Å². The molecule has 1 saturated carbocycles. The maximum absolute atomic E-state index is 11.7. The fourth-order valence-corrected chi connectivity index (χ4v) is 2.91. The molecule has 0 aromatic rings. The standard InChI is InChI=1S/C12H20O2S/c1-12(2,3)15-11(14)8-9-5-4-6-10(13)7-9/h9H,4-8H2,1-3H3. The Labute approximate surface area is 96.2 Å². The minimum Gasteiger partial charge on any atom is -0.300 e. The molecule has 1 atom stereocenters. The van der Waals surface area contributed by atoms with Gasteiger partial charge in [-0.05, 0) is 18.8 Å². The molecule has 3 heteroatoms. The van der Waals surface area contributed by atoms with E-state index in [0.29, 0.717) is 24.5 Å². The number of carbonyl (C=O) groups excluding carboxylic acids is 2. The second-order valence-electron chi connectivity index (χ2n) is 5.29. The predicted molar refractivity (Wildman–Crippen MR) is 63.9 cm³/mol. The largest absolute Gasteiger partial charge is 0.300 e. The van der Waals surface area contributed by atoms with Crippen LogP contribution in [-0.2, 0) is 9.59 Å². The Hall–Kier alpha value is -0.310. The summed E-state index contributed by atoms with van der Waals surface area (Å²) in [7, 11) is 0. The molecule has 1 aliphatic carbocycles. The second-order valence-corrected chi connectivity index (χ2v) is 7.18. The number of hydrogen-bond acceptors (Lipinski definition) is 3. The maximum Gasteiger partial charge on any atom is 0.189 e. The van der Waals surface area contributed by atoms with Crippen LogP contribution in [0.1, 0.15) is 52.9 Å². The van der Waals surface area contributed by atoms with Crippen LogP contribution in [0, 0.1) is 5.92 Å². The molecule has 0 heterocycles. The van der Waals surface area contributed by atoms with Crippen molar-refractivity contribution in [1.29, 1.82) is 0 Å². The fourth-order valence-electron chi connectivity index (χ4n) is 1.91. The van der Waals surface area contributed by atoms with Gasteiger partial charge in [0.15, 0.2) is 5.12 Å². The molecule has 1 rings (SSSR count). The van der Waals surface area contributed by atoms with Crippen molar-refractivity contribution >= 4 is 22.7 Å². The van der Waals surface area contributed by atoms with Crippen molar-refractivity contribution in [2.24, 2.45) is 5.92 Å². The molecule has 1 fully saturated rings. The number of hydrogen-bond donors (Lipinski definition) is 0. The molecule has 0 N–H and O–H groups in total. The molecule has 0 radical (unpaired) electrons. The number of thioether (sulfide) groups is 1. The molecular weight excluding hydrogens is 208 g/mol. The zero-order valence-electron chi connectivity index (χ0n) is 9.84. The van der Waals surface area contributed by atoms with E-state index in [1.54, 1.807) is 0 Å². The summed E-state index contributed by atoms with van der Waals surface area (Å²) in [6.45, 7) is 6.13. The Kier molecular flexibility index (Phi) is 4.38. The lowest BCUT2D eigenvalue weighted by Gasteiger charge is -2.22. The monoisotopic (exact) mass is 228 g/mol. The number of carbonyl (C=O) groups is 2. The molecular formula is C12H20O2S. The summed E-state index contributed by atoms with van der Waals surface area (Å²) in [5.74, 6) is 0.647. The lowest BCUT2D eigenvalue weighted by Crippen LogP contribution is -2.19. The van der Waals surface area contributed by atoms with Crippen LogP contribution in [0.15, 0.2) is 0 Å². The van der Waals surface area contributed by atoms with Gasteiger partial charge in [0.05, 0.1) is 0 Å². The average Bonchev–Trinajstić information content (AvgIpc) is 1.99. The normalized spacial score (nSPS) is 22.9. The average molecular weight is 228 g/mol. The van der Waals surface area contributed by atoms with Gasteiger partial charge >= 0.3 is 0 Å². The van der Waals surface area contributed by atoms with E-state index in [-0.39, 0.29) is 9.86 Å². The first-order chi connectivity index (χ1) is 6.87. The number of ketones is 1. The Morgan fingerprint density at radius 2 is 2.13 bits per heavy atom. The first kappa shape index (κ1) is 12.8. The van der Waals surface area contributed by atoms with Gasteiger partial charge in [-0.25, -0.2) is 0 Å². The molecule has 2 nitrogen and oxygen atoms in total. The molecule has 0 aromatic heterocycles. The lowest BCUT2D eigenvalue weighted by atomic mass is 9.86. The summed E-state index contributed by atoms with van der Waals surface area (Å²) in [4.78, 5) is 22.9. The molecule has 0 saturated heterocycles. The zero-order chi connectivity index (χ0) is 11.5. The van der Waals surface area contributed by atoms with Gasteiger partial charge in [-0.1, -0.05) is 32.5 Å². The number of Topliss-reactive ketones (excluding diaryl/α,β-unsaturated/α-hetero) is 1. The zero-order valence-corrected chi connectivity index (χ0v) is 10.7. The third-order valence-corrected chi connectivity index (χ3v) is 3.47. The van der Waals surface area contributed by atoms with Gasteiger partial charge in [-0.2, -0.15) is 0 Å². The molecule has 1 aliphatic rings. The van der Waals surface area contributed by atoms with E-state index < -0.39 is 0 Å². The van der Waals surface area contributed by atoms with Crippen molar-refractivity contribution < 1.29 is 9.59 Å². The quantitative estimate of drug-likeness (QED) is 0.728. The van der Waals surface area contributed by atoms with Crippen molar-refractivity contribution in [3.63, 3.8) is 0 Å². The summed E-state index contributed by atoms with van der Waals surface area (Å²) in [5, 5.41) is 0.238. The summed E-state index contributed by atoms with van der Waals surface area (Å²) >= 11 is 1.40. The second kappa shape index (κ2) is 5.15. The van der Waals surface area contributed by atoms with Crippen molar-refractivity contribution in [3.8, 4) is 0 Å². The van der Waals surface area contributed by atoms with Crippen LogP contribution in [0.5, 0.6) is 0 Å². The van der Waals surface area contributed by atoms with Gasteiger partial charge in [-0.15, -0.1) is 0 Å². The first-order valence-electron chi connectivity index (χ1n) is 5.60. The smallest absolute Gasteiger partial charge is 0.189 e. The Morgan fingerprint density at radius 1 is 1.47 bits per heavy atom. The summed E-state index contributed by atoms with van der Waals surface area (Å²) in [5.41, 5.74) is 0. The van der Waals surface area contributed by atoms with E-state index in [0.717, 1.165) is 19.3 Å². The Bertz CT molecular complexity index is 253. The molecule has 0 bridgehead atoms. The minimum absolute atomic E-state index is 0.00421. The summed E-state index contributed by atoms with van der Waals surface area (Å²) in [6, 6.07) is 0. The molecule has 0 aliphatic heterocycles. The van der Waals surface area contributed by atoms with Gasteiger partial charge in [-0.3, -0.25) is 9.59 Å². The van der Waals surface area contributed by atoms with Crippen LogP contribution in [-0.4, -0.2) is 15.6 Å². The van der Waals surface area contributed by atoms with E-state index >= 15 is 0 Å². The SMILES string of the molecule is CC(C)(C)SC(=O)CC1CCCC(=O)C1. The highest BCUT2D eigenvalue weighted by Gasteiger charge is 2.24. The van der Waals surface area contributed by atoms with E-state index in [2.05, 4.69) is 0 Å². The highest BCUT2D eigenvalue weighted by Crippen LogP contribution is 2.30. The molecule has 0 aromatic carbocycles. The fraction of sp³-hybridized carbons (Fsp3) is 0.833.